The first-order valence-electron chi connectivity index (χ1n) is 6.47. The SMILES string of the molecule is CCN(C)c1nc(N)c(C(=O)Nc2ccc(Br)cc2C)s1. The van der Waals surface area contributed by atoms with E-state index in [1.54, 1.807) is 0 Å². The minimum atomic E-state index is -0.230. The fraction of sp³-hybridized carbons (Fsp3) is 0.286. The van der Waals surface area contributed by atoms with E-state index in [9.17, 15) is 4.79 Å². The van der Waals surface area contributed by atoms with Gasteiger partial charge in [-0.25, -0.2) is 4.98 Å². The molecular weight excluding hydrogens is 352 g/mol. The van der Waals surface area contributed by atoms with Crippen LogP contribution in [0.2, 0.25) is 0 Å². The topological polar surface area (TPSA) is 71.2 Å². The third-order valence-corrected chi connectivity index (χ3v) is 4.76. The van der Waals surface area contributed by atoms with Gasteiger partial charge < -0.3 is 16.0 Å². The van der Waals surface area contributed by atoms with Gasteiger partial charge in [-0.05, 0) is 37.6 Å². The number of hydrogen-bond acceptors (Lipinski definition) is 5. The Labute approximate surface area is 136 Å². The number of carbonyl (C=O) groups is 1. The molecule has 2 aromatic rings. The lowest BCUT2D eigenvalue weighted by Crippen LogP contribution is -2.15. The van der Waals surface area contributed by atoms with Crippen LogP contribution in [0.4, 0.5) is 16.6 Å². The molecule has 0 saturated heterocycles. The Morgan fingerprint density at radius 3 is 2.86 bits per heavy atom. The van der Waals surface area contributed by atoms with Crippen molar-refractivity contribution in [3.8, 4) is 0 Å². The molecule has 3 N–H and O–H groups in total. The molecule has 5 nitrogen and oxygen atoms in total. The fourth-order valence-corrected chi connectivity index (χ4v) is 3.11. The third-order valence-electron chi connectivity index (χ3n) is 3.09. The van der Waals surface area contributed by atoms with Gasteiger partial charge in [-0.2, -0.15) is 0 Å². The lowest BCUT2D eigenvalue weighted by molar-refractivity contribution is 0.103. The highest BCUT2D eigenvalue weighted by molar-refractivity contribution is 9.10. The van der Waals surface area contributed by atoms with Gasteiger partial charge in [0.15, 0.2) is 5.13 Å². The van der Waals surface area contributed by atoms with Crippen LogP contribution in [-0.4, -0.2) is 24.5 Å². The van der Waals surface area contributed by atoms with Crippen molar-refractivity contribution in [1.29, 1.82) is 0 Å². The van der Waals surface area contributed by atoms with Crippen molar-refractivity contribution < 1.29 is 4.79 Å². The van der Waals surface area contributed by atoms with Crippen LogP contribution < -0.4 is 16.0 Å². The van der Waals surface area contributed by atoms with Crippen LogP contribution in [0.3, 0.4) is 0 Å². The molecular formula is C14H17BrN4OS. The minimum absolute atomic E-state index is 0.230. The largest absolute Gasteiger partial charge is 0.382 e. The van der Waals surface area contributed by atoms with Gasteiger partial charge in [-0.1, -0.05) is 27.3 Å². The van der Waals surface area contributed by atoms with Gasteiger partial charge in [-0.15, -0.1) is 0 Å². The van der Waals surface area contributed by atoms with E-state index in [1.165, 1.54) is 11.3 Å². The van der Waals surface area contributed by atoms with Gasteiger partial charge >= 0.3 is 0 Å². The number of halogens is 1. The van der Waals surface area contributed by atoms with Gasteiger partial charge in [0.1, 0.15) is 10.7 Å². The highest BCUT2D eigenvalue weighted by Crippen LogP contribution is 2.29. The lowest BCUT2D eigenvalue weighted by Gasteiger charge is -2.11. The fourth-order valence-electron chi connectivity index (χ4n) is 1.73. The summed E-state index contributed by atoms with van der Waals surface area (Å²) in [4.78, 5) is 19.0. The van der Waals surface area contributed by atoms with Crippen LogP contribution in [0.15, 0.2) is 22.7 Å². The number of aromatic nitrogens is 1. The average Bonchev–Trinajstić information content (AvgIpc) is 2.83. The quantitative estimate of drug-likeness (QED) is 0.865. The second kappa shape index (κ2) is 6.44. The molecule has 0 fully saturated rings. The molecule has 1 aromatic heterocycles. The Balaban J connectivity index is 2.22. The predicted molar refractivity (Wildman–Crippen MR) is 92.3 cm³/mol. The molecule has 0 spiro atoms. The number of carbonyl (C=O) groups excluding carboxylic acids is 1. The van der Waals surface area contributed by atoms with Crippen LogP contribution >= 0.6 is 27.3 Å². The maximum Gasteiger partial charge on any atom is 0.269 e. The normalized spacial score (nSPS) is 10.5. The average molecular weight is 369 g/mol. The standard InChI is InChI=1S/C14H17BrN4OS/c1-4-19(3)14-18-12(16)11(21-14)13(20)17-10-6-5-9(15)7-8(10)2/h5-7H,4,16H2,1-3H3,(H,17,20). The van der Waals surface area contributed by atoms with Crippen molar-refractivity contribution in [2.75, 3.05) is 29.5 Å². The third kappa shape index (κ3) is 3.54. The van der Waals surface area contributed by atoms with Crippen LogP contribution in [0, 0.1) is 6.92 Å². The van der Waals surface area contributed by atoms with Crippen molar-refractivity contribution in [2.45, 2.75) is 13.8 Å². The number of hydrogen-bond donors (Lipinski definition) is 2. The first-order chi connectivity index (χ1) is 9.92. The van der Waals surface area contributed by atoms with E-state index >= 15 is 0 Å². The monoisotopic (exact) mass is 368 g/mol. The molecule has 0 saturated carbocycles. The van der Waals surface area contributed by atoms with Crippen molar-refractivity contribution in [3.05, 3.63) is 33.1 Å². The van der Waals surface area contributed by atoms with Gasteiger partial charge in [0.25, 0.3) is 5.91 Å². The van der Waals surface area contributed by atoms with Gasteiger partial charge in [0.05, 0.1) is 0 Å². The highest BCUT2D eigenvalue weighted by Gasteiger charge is 2.18. The molecule has 7 heteroatoms. The Morgan fingerprint density at radius 2 is 2.24 bits per heavy atom. The number of nitrogens with zero attached hydrogens (tertiary/aromatic N) is 2. The van der Waals surface area contributed by atoms with Crippen LogP contribution in [0.1, 0.15) is 22.2 Å². The molecule has 112 valence electrons. The van der Waals surface area contributed by atoms with Crippen molar-refractivity contribution in [2.24, 2.45) is 0 Å². The molecule has 1 heterocycles. The lowest BCUT2D eigenvalue weighted by atomic mass is 10.2. The number of anilines is 3. The predicted octanol–water partition coefficient (Wildman–Crippen LogP) is 3.50. The van der Waals surface area contributed by atoms with E-state index in [0.29, 0.717) is 4.88 Å². The maximum atomic E-state index is 12.3. The maximum absolute atomic E-state index is 12.3. The van der Waals surface area contributed by atoms with Crippen LogP contribution in [-0.2, 0) is 0 Å². The van der Waals surface area contributed by atoms with Gasteiger partial charge in [0.2, 0.25) is 0 Å². The van der Waals surface area contributed by atoms with Gasteiger partial charge in [-0.3, -0.25) is 4.79 Å². The second-order valence-corrected chi connectivity index (χ2v) is 6.53. The van der Waals surface area contributed by atoms with E-state index in [0.717, 1.165) is 27.4 Å². The summed E-state index contributed by atoms with van der Waals surface area (Å²) in [6, 6.07) is 5.69. The summed E-state index contributed by atoms with van der Waals surface area (Å²) in [7, 11) is 1.92. The smallest absolute Gasteiger partial charge is 0.269 e. The first kappa shape index (κ1) is 15.8. The first-order valence-corrected chi connectivity index (χ1v) is 8.08. The summed E-state index contributed by atoms with van der Waals surface area (Å²) in [5.74, 6) is 0.0359. The number of nitrogen functional groups attached to an aromatic ring is 1. The van der Waals surface area contributed by atoms with E-state index in [4.69, 9.17) is 5.73 Å². The van der Waals surface area contributed by atoms with E-state index in [1.807, 2.05) is 44.0 Å². The Morgan fingerprint density at radius 1 is 1.52 bits per heavy atom. The van der Waals surface area contributed by atoms with Crippen LogP contribution in [0.5, 0.6) is 0 Å². The highest BCUT2D eigenvalue weighted by atomic mass is 79.9. The zero-order chi connectivity index (χ0) is 15.6. The molecule has 21 heavy (non-hydrogen) atoms. The summed E-state index contributed by atoms with van der Waals surface area (Å²) in [6.45, 7) is 4.76. The van der Waals surface area contributed by atoms with E-state index in [-0.39, 0.29) is 11.7 Å². The molecule has 0 aliphatic heterocycles. The number of nitrogens with one attached hydrogen (secondary N) is 1. The summed E-state index contributed by atoms with van der Waals surface area (Å²) < 4.78 is 0.974. The number of nitrogens with two attached hydrogens (primary N) is 1. The molecule has 0 aliphatic rings. The zero-order valence-corrected chi connectivity index (χ0v) is 14.5. The second-order valence-electron chi connectivity index (χ2n) is 4.64. The Hall–Kier alpha value is -1.60. The Kier molecular flexibility index (Phi) is 4.84. The molecule has 0 aliphatic carbocycles. The molecule has 0 unspecified atom stereocenters. The summed E-state index contributed by atoms with van der Waals surface area (Å²) >= 11 is 4.70. The van der Waals surface area contributed by atoms with Gasteiger partial charge in [0, 0.05) is 23.8 Å². The van der Waals surface area contributed by atoms with Crippen LogP contribution in [0.25, 0.3) is 0 Å². The van der Waals surface area contributed by atoms with Crippen molar-refractivity contribution in [1.82, 2.24) is 4.98 Å². The molecule has 0 bridgehead atoms. The van der Waals surface area contributed by atoms with E-state index in [2.05, 4.69) is 26.2 Å². The zero-order valence-electron chi connectivity index (χ0n) is 12.1. The molecule has 0 radical (unpaired) electrons. The number of rotatable bonds is 4. The number of aryl methyl sites for hydroxylation is 1. The number of benzene rings is 1. The molecule has 0 atom stereocenters. The summed E-state index contributed by atoms with van der Waals surface area (Å²) in [5.41, 5.74) is 7.60. The minimum Gasteiger partial charge on any atom is -0.382 e. The van der Waals surface area contributed by atoms with Crippen molar-refractivity contribution in [3.63, 3.8) is 0 Å². The summed E-state index contributed by atoms with van der Waals surface area (Å²) in [5, 5.41) is 3.62. The number of thiazole rings is 1. The molecule has 2 rings (SSSR count). The van der Waals surface area contributed by atoms with E-state index < -0.39 is 0 Å². The number of amides is 1. The van der Waals surface area contributed by atoms with Crippen molar-refractivity contribution >= 4 is 49.8 Å². The molecule has 1 aromatic carbocycles. The Bertz CT molecular complexity index is 671. The summed E-state index contributed by atoms with van der Waals surface area (Å²) in [6.07, 6.45) is 0. The molecule has 1 amide bonds.